The second kappa shape index (κ2) is 6.03. The molecule has 2 aromatic rings. The summed E-state index contributed by atoms with van der Waals surface area (Å²) in [6.45, 7) is 0. The van der Waals surface area contributed by atoms with Gasteiger partial charge in [-0.15, -0.1) is 0 Å². The molecule has 0 aliphatic heterocycles. The third-order valence-corrected chi connectivity index (χ3v) is 3.04. The molecule has 19 heavy (non-hydrogen) atoms. The molecule has 0 N–H and O–H groups in total. The van der Waals surface area contributed by atoms with Gasteiger partial charge in [-0.2, -0.15) is 5.26 Å². The number of benzene rings is 1. The highest BCUT2D eigenvalue weighted by atomic mass is 35.5. The zero-order chi connectivity index (χ0) is 13.7. The maximum Gasteiger partial charge on any atom is 0.127 e. The quantitative estimate of drug-likeness (QED) is 0.799. The van der Waals surface area contributed by atoms with Gasteiger partial charge in [-0.05, 0) is 29.8 Å². The molecular weight excluding hydrogens is 260 g/mol. The highest BCUT2D eigenvalue weighted by Crippen LogP contribution is 2.34. The number of hydrogen-bond donors (Lipinski definition) is 0. The number of pyridine rings is 1. The predicted molar refractivity (Wildman–Crippen MR) is 75.5 cm³/mol. The monoisotopic (exact) mass is 270 g/mol. The summed E-state index contributed by atoms with van der Waals surface area (Å²) in [5.74, 6) is 0.634. The summed E-state index contributed by atoms with van der Waals surface area (Å²) in [5.41, 5.74) is 1.82. The number of halogens is 1. The smallest absolute Gasteiger partial charge is 0.127 e. The van der Waals surface area contributed by atoms with Crippen LogP contribution in [0.5, 0.6) is 5.75 Å². The Morgan fingerprint density at radius 3 is 2.53 bits per heavy atom. The van der Waals surface area contributed by atoms with E-state index in [4.69, 9.17) is 16.3 Å². The van der Waals surface area contributed by atoms with Crippen molar-refractivity contribution < 1.29 is 4.74 Å². The van der Waals surface area contributed by atoms with Crippen LogP contribution in [0.3, 0.4) is 0 Å². The van der Waals surface area contributed by atoms with E-state index in [0.29, 0.717) is 21.9 Å². The molecule has 0 fully saturated rings. The summed E-state index contributed by atoms with van der Waals surface area (Å²) < 4.78 is 5.26. The van der Waals surface area contributed by atoms with Crippen molar-refractivity contribution in [3.63, 3.8) is 0 Å². The van der Waals surface area contributed by atoms with Gasteiger partial charge in [-0.3, -0.25) is 4.98 Å². The van der Waals surface area contributed by atoms with Crippen molar-refractivity contribution in [3.8, 4) is 11.8 Å². The van der Waals surface area contributed by atoms with E-state index in [2.05, 4.69) is 11.1 Å². The maximum absolute atomic E-state index is 9.32. The van der Waals surface area contributed by atoms with Crippen LogP contribution < -0.4 is 4.74 Å². The molecule has 0 spiro atoms. The Balaban J connectivity index is 2.59. The highest BCUT2D eigenvalue weighted by molar-refractivity contribution is 6.53. The molecule has 0 bridgehead atoms. The van der Waals surface area contributed by atoms with Gasteiger partial charge in [0.1, 0.15) is 11.8 Å². The van der Waals surface area contributed by atoms with E-state index in [-0.39, 0.29) is 0 Å². The van der Waals surface area contributed by atoms with Crippen LogP contribution in [0.2, 0.25) is 0 Å². The largest absolute Gasteiger partial charge is 0.496 e. The lowest BCUT2D eigenvalue weighted by molar-refractivity contribution is 0.414. The number of aromatic nitrogens is 1. The van der Waals surface area contributed by atoms with E-state index in [9.17, 15) is 5.26 Å². The third-order valence-electron chi connectivity index (χ3n) is 2.64. The van der Waals surface area contributed by atoms with E-state index >= 15 is 0 Å². The minimum Gasteiger partial charge on any atom is -0.496 e. The van der Waals surface area contributed by atoms with E-state index in [1.54, 1.807) is 37.7 Å². The molecule has 0 atom stereocenters. The Bertz CT molecular complexity index is 645. The third kappa shape index (κ3) is 2.75. The molecule has 0 amide bonds. The van der Waals surface area contributed by atoms with Crippen molar-refractivity contribution in [2.75, 3.05) is 7.11 Å². The second-order valence-electron chi connectivity index (χ2n) is 3.74. The van der Waals surface area contributed by atoms with Gasteiger partial charge < -0.3 is 4.74 Å². The molecule has 0 aliphatic rings. The van der Waals surface area contributed by atoms with Crippen LogP contribution in [0.15, 0.2) is 48.8 Å². The van der Waals surface area contributed by atoms with Crippen LogP contribution in [0.25, 0.3) is 10.6 Å². The van der Waals surface area contributed by atoms with Crippen LogP contribution in [-0.2, 0) is 0 Å². The molecule has 0 saturated carbocycles. The normalized spacial score (nSPS) is 11.4. The fourth-order valence-corrected chi connectivity index (χ4v) is 2.03. The lowest BCUT2D eigenvalue weighted by Gasteiger charge is -2.09. The Morgan fingerprint density at radius 2 is 1.89 bits per heavy atom. The van der Waals surface area contributed by atoms with Gasteiger partial charge in [0.15, 0.2) is 0 Å². The van der Waals surface area contributed by atoms with Gasteiger partial charge in [-0.1, -0.05) is 23.7 Å². The predicted octanol–water partition coefficient (Wildman–Crippen LogP) is 3.72. The van der Waals surface area contributed by atoms with Gasteiger partial charge in [0, 0.05) is 18.0 Å². The molecule has 0 unspecified atom stereocenters. The Labute approximate surface area is 116 Å². The molecule has 0 aliphatic carbocycles. The summed E-state index contributed by atoms with van der Waals surface area (Å²) in [6.07, 6.45) is 3.25. The number of hydrogen-bond acceptors (Lipinski definition) is 3. The topological polar surface area (TPSA) is 45.9 Å². The number of rotatable bonds is 3. The van der Waals surface area contributed by atoms with Gasteiger partial charge in [0.25, 0.3) is 0 Å². The van der Waals surface area contributed by atoms with E-state index in [1.165, 1.54) is 0 Å². The van der Waals surface area contributed by atoms with Crippen LogP contribution in [-0.4, -0.2) is 12.1 Å². The molecule has 1 aromatic carbocycles. The zero-order valence-electron chi connectivity index (χ0n) is 10.3. The van der Waals surface area contributed by atoms with Gasteiger partial charge >= 0.3 is 0 Å². The number of nitriles is 1. The lowest BCUT2D eigenvalue weighted by Crippen LogP contribution is -1.91. The first-order valence-corrected chi connectivity index (χ1v) is 5.99. The van der Waals surface area contributed by atoms with E-state index < -0.39 is 0 Å². The number of ether oxygens (including phenoxy) is 1. The standard InChI is InChI=1S/C15H11ClN2O/c1-19-14-5-3-2-4-12(14)15(16)13(10-17)11-6-8-18-9-7-11/h2-9H,1H3/b15-13+. The summed E-state index contributed by atoms with van der Waals surface area (Å²) in [7, 11) is 1.57. The van der Waals surface area contributed by atoms with Crippen molar-refractivity contribution >= 4 is 22.2 Å². The average Bonchev–Trinajstić information content (AvgIpc) is 2.49. The Kier molecular flexibility index (Phi) is 4.17. The first kappa shape index (κ1) is 13.1. The average molecular weight is 271 g/mol. The lowest BCUT2D eigenvalue weighted by atomic mass is 10.0. The molecule has 1 heterocycles. The van der Waals surface area contributed by atoms with Crippen molar-refractivity contribution in [2.24, 2.45) is 0 Å². The molecule has 94 valence electrons. The fraction of sp³-hybridized carbons (Fsp3) is 0.0667. The molecule has 0 saturated heterocycles. The minimum atomic E-state index is 0.367. The van der Waals surface area contributed by atoms with Crippen molar-refractivity contribution in [3.05, 3.63) is 59.9 Å². The van der Waals surface area contributed by atoms with Crippen LogP contribution in [0.4, 0.5) is 0 Å². The number of para-hydroxylation sites is 1. The van der Waals surface area contributed by atoms with Crippen molar-refractivity contribution in [1.82, 2.24) is 4.98 Å². The summed E-state index contributed by atoms with van der Waals surface area (Å²) in [6, 6.07) is 13.0. The van der Waals surface area contributed by atoms with Crippen LogP contribution in [0.1, 0.15) is 11.1 Å². The zero-order valence-corrected chi connectivity index (χ0v) is 11.1. The summed E-state index contributed by atoms with van der Waals surface area (Å²) in [4.78, 5) is 3.93. The van der Waals surface area contributed by atoms with Gasteiger partial charge in [-0.25, -0.2) is 0 Å². The van der Waals surface area contributed by atoms with E-state index in [0.717, 1.165) is 5.56 Å². The summed E-state index contributed by atoms with van der Waals surface area (Å²) in [5, 5.41) is 9.69. The van der Waals surface area contributed by atoms with Crippen molar-refractivity contribution in [2.45, 2.75) is 0 Å². The van der Waals surface area contributed by atoms with Crippen molar-refractivity contribution in [1.29, 1.82) is 5.26 Å². The fourth-order valence-electron chi connectivity index (χ4n) is 1.72. The molecule has 1 aromatic heterocycles. The SMILES string of the molecule is COc1ccccc1/C(Cl)=C(/C#N)c1ccncc1. The number of methoxy groups -OCH3 is 1. The maximum atomic E-state index is 9.32. The number of nitrogens with zero attached hydrogens (tertiary/aromatic N) is 2. The summed E-state index contributed by atoms with van der Waals surface area (Å²) >= 11 is 6.35. The van der Waals surface area contributed by atoms with Gasteiger partial charge in [0.2, 0.25) is 0 Å². The van der Waals surface area contributed by atoms with Crippen LogP contribution >= 0.6 is 11.6 Å². The van der Waals surface area contributed by atoms with Crippen LogP contribution in [0, 0.1) is 11.3 Å². The van der Waals surface area contributed by atoms with Gasteiger partial charge in [0.05, 0.1) is 17.7 Å². The first-order valence-electron chi connectivity index (χ1n) is 5.61. The molecule has 0 radical (unpaired) electrons. The number of allylic oxidation sites excluding steroid dienone is 1. The highest BCUT2D eigenvalue weighted by Gasteiger charge is 2.12. The van der Waals surface area contributed by atoms with E-state index in [1.807, 2.05) is 18.2 Å². The Hall–Kier alpha value is -2.31. The molecule has 4 heteroatoms. The first-order chi connectivity index (χ1) is 9.27. The molecule has 2 rings (SSSR count). The minimum absolute atomic E-state index is 0.367. The second-order valence-corrected chi connectivity index (χ2v) is 4.11. The Morgan fingerprint density at radius 1 is 1.21 bits per heavy atom. The molecule has 3 nitrogen and oxygen atoms in total. The molecular formula is C15H11ClN2O.